The van der Waals surface area contributed by atoms with Crippen LogP contribution in [-0.2, 0) is 14.3 Å². The van der Waals surface area contributed by atoms with Crippen molar-refractivity contribution in [3.63, 3.8) is 0 Å². The summed E-state index contributed by atoms with van der Waals surface area (Å²) in [6, 6.07) is 5.92. The summed E-state index contributed by atoms with van der Waals surface area (Å²) in [6.07, 6.45) is 3.07. The number of nitro benzene ring substituents is 1. The highest BCUT2D eigenvalue weighted by molar-refractivity contribution is 6.12. The quantitative estimate of drug-likeness (QED) is 0.173. The van der Waals surface area contributed by atoms with Crippen LogP contribution < -0.4 is 5.32 Å². The molecule has 0 bridgehead atoms. The average Bonchev–Trinajstić information content (AvgIpc) is 2.73. The number of esters is 1. The van der Waals surface area contributed by atoms with Gasteiger partial charge >= 0.3 is 5.97 Å². The minimum Gasteiger partial charge on any atom is -0.462 e. The molecule has 8 heteroatoms. The van der Waals surface area contributed by atoms with E-state index in [0.717, 1.165) is 6.42 Å². The maximum Gasteiger partial charge on any atom is 0.336 e. The van der Waals surface area contributed by atoms with Gasteiger partial charge in [-0.15, -0.1) is 0 Å². The molecule has 0 spiro atoms. The predicted molar refractivity (Wildman–Crippen MR) is 113 cm³/mol. The lowest BCUT2D eigenvalue weighted by molar-refractivity contribution is -0.385. The van der Waals surface area contributed by atoms with Gasteiger partial charge in [0.2, 0.25) is 5.78 Å². The molecule has 1 atom stereocenters. The molecular formula is C23H22N2O6. The minimum atomic E-state index is -1.05. The number of hydrogen-bond donors (Lipinski definition) is 2. The van der Waals surface area contributed by atoms with Gasteiger partial charge in [-0.2, -0.15) is 0 Å². The molecule has 1 heterocycles. The van der Waals surface area contributed by atoms with E-state index in [1.807, 2.05) is 6.92 Å². The normalized spacial score (nSPS) is 15.1. The Morgan fingerprint density at radius 3 is 2.52 bits per heavy atom. The molecule has 1 aromatic carbocycles. The van der Waals surface area contributed by atoms with Crippen LogP contribution in [0, 0.1) is 34.0 Å². The topological polar surface area (TPSA) is 119 Å². The van der Waals surface area contributed by atoms with Gasteiger partial charge in [0.25, 0.3) is 5.69 Å². The number of allylic oxidation sites excluding steroid dienone is 3. The smallest absolute Gasteiger partial charge is 0.336 e. The van der Waals surface area contributed by atoms with Crippen LogP contribution in [0.5, 0.6) is 0 Å². The second-order valence-corrected chi connectivity index (χ2v) is 6.76. The average molecular weight is 422 g/mol. The number of nitrogens with one attached hydrogen (secondary N) is 1. The molecule has 1 aliphatic heterocycles. The molecule has 1 aromatic rings. The molecule has 0 saturated heterocycles. The van der Waals surface area contributed by atoms with Crippen LogP contribution in [0.3, 0.4) is 0 Å². The molecule has 0 amide bonds. The fraction of sp³-hybridized carbons (Fsp3) is 0.304. The SMILES string of the molecule is CCCCOC(=O)C1=C(C)NC(C)=C(C(=O)C#CC#CO)C1c1ccccc1[N+](=O)[O-]. The van der Waals surface area contributed by atoms with Crippen LogP contribution in [0.2, 0.25) is 0 Å². The van der Waals surface area contributed by atoms with Crippen molar-refractivity contribution in [2.45, 2.75) is 39.5 Å². The molecule has 1 aliphatic rings. The maximum absolute atomic E-state index is 13.0. The van der Waals surface area contributed by atoms with Gasteiger partial charge in [-0.3, -0.25) is 14.9 Å². The molecule has 0 radical (unpaired) electrons. The van der Waals surface area contributed by atoms with Crippen molar-refractivity contribution in [1.29, 1.82) is 0 Å². The number of ether oxygens (including phenoxy) is 1. The van der Waals surface area contributed by atoms with E-state index >= 15 is 0 Å². The van der Waals surface area contributed by atoms with Crippen LogP contribution in [0.4, 0.5) is 5.69 Å². The van der Waals surface area contributed by atoms with Crippen LogP contribution in [0.15, 0.2) is 46.8 Å². The summed E-state index contributed by atoms with van der Waals surface area (Å²) >= 11 is 0. The zero-order valence-corrected chi connectivity index (χ0v) is 17.4. The number of ketones is 1. The number of dihydropyridines is 1. The van der Waals surface area contributed by atoms with Gasteiger partial charge in [-0.1, -0.05) is 31.5 Å². The number of Topliss-reactive ketones (excluding diaryl/α,β-unsaturated/α-hetero) is 1. The molecule has 2 rings (SSSR count). The Labute approximate surface area is 180 Å². The summed E-state index contributed by atoms with van der Waals surface area (Å²) in [5, 5.41) is 23.2. The zero-order valence-electron chi connectivity index (χ0n) is 17.4. The summed E-state index contributed by atoms with van der Waals surface area (Å²) in [6.45, 7) is 5.41. The second kappa shape index (κ2) is 10.7. The molecule has 0 aromatic heterocycles. The van der Waals surface area contributed by atoms with Crippen LogP contribution in [0.25, 0.3) is 0 Å². The number of hydrogen-bond acceptors (Lipinski definition) is 7. The van der Waals surface area contributed by atoms with E-state index in [4.69, 9.17) is 9.84 Å². The summed E-state index contributed by atoms with van der Waals surface area (Å²) in [5.74, 6) is 4.18. The van der Waals surface area contributed by atoms with Crippen molar-refractivity contribution in [3.05, 3.63) is 62.5 Å². The summed E-state index contributed by atoms with van der Waals surface area (Å²) in [7, 11) is 0. The van der Waals surface area contributed by atoms with Crippen LogP contribution >= 0.6 is 0 Å². The van der Waals surface area contributed by atoms with Crippen LogP contribution in [0.1, 0.15) is 45.1 Å². The third-order valence-corrected chi connectivity index (χ3v) is 4.69. The number of aliphatic hydroxyl groups excluding tert-OH is 1. The van der Waals surface area contributed by atoms with Crippen molar-refractivity contribution in [3.8, 4) is 23.9 Å². The number of rotatable bonds is 7. The summed E-state index contributed by atoms with van der Waals surface area (Å²) in [4.78, 5) is 37.0. The monoisotopic (exact) mass is 422 g/mol. The maximum atomic E-state index is 13.0. The first-order valence-electron chi connectivity index (χ1n) is 9.61. The Kier molecular flexibility index (Phi) is 7.99. The highest BCUT2D eigenvalue weighted by Crippen LogP contribution is 2.42. The second-order valence-electron chi connectivity index (χ2n) is 6.76. The van der Waals surface area contributed by atoms with Crippen molar-refractivity contribution in [2.75, 3.05) is 6.61 Å². The first kappa shape index (κ1) is 23.2. The molecular weight excluding hydrogens is 400 g/mol. The van der Waals surface area contributed by atoms with Gasteiger partial charge in [0.05, 0.1) is 23.0 Å². The van der Waals surface area contributed by atoms with Crippen molar-refractivity contribution in [2.24, 2.45) is 0 Å². The minimum absolute atomic E-state index is 0.0783. The lowest BCUT2D eigenvalue weighted by Gasteiger charge is -2.30. The number of carbonyl (C=O) groups excluding carboxylic acids is 2. The number of nitro groups is 1. The Hall–Kier alpha value is -4.04. The van der Waals surface area contributed by atoms with Gasteiger partial charge in [0.15, 0.2) is 0 Å². The zero-order chi connectivity index (χ0) is 23.0. The third-order valence-electron chi connectivity index (χ3n) is 4.69. The fourth-order valence-corrected chi connectivity index (χ4v) is 3.34. The van der Waals surface area contributed by atoms with E-state index in [1.165, 1.54) is 18.2 Å². The highest BCUT2D eigenvalue weighted by atomic mass is 16.6. The van der Waals surface area contributed by atoms with Crippen molar-refractivity contribution >= 4 is 17.4 Å². The number of benzene rings is 1. The van der Waals surface area contributed by atoms with Gasteiger partial charge in [-0.05, 0) is 32.1 Å². The van der Waals surface area contributed by atoms with Crippen molar-refractivity contribution < 1.29 is 24.4 Å². The number of para-hydroxylation sites is 1. The molecule has 0 saturated carbocycles. The van der Waals surface area contributed by atoms with E-state index in [2.05, 4.69) is 23.1 Å². The third kappa shape index (κ3) is 5.31. The largest absolute Gasteiger partial charge is 0.462 e. The molecule has 1 unspecified atom stereocenters. The highest BCUT2D eigenvalue weighted by Gasteiger charge is 2.39. The number of nitrogens with zero attached hydrogens (tertiary/aromatic N) is 1. The van der Waals surface area contributed by atoms with E-state index in [-0.39, 0.29) is 29.0 Å². The van der Waals surface area contributed by atoms with E-state index in [9.17, 15) is 19.7 Å². The standard InChI is InChI=1S/C23H22N2O6/c1-4-5-14-31-23(28)21-16(3)24-15(2)20(19(27)12-8-9-13-26)22(21)17-10-6-7-11-18(17)25(29)30/h6-7,10-11,22,24,26H,4-5,14H2,1-3H3. The van der Waals surface area contributed by atoms with Gasteiger partial charge in [-0.25, -0.2) is 4.79 Å². The molecule has 2 N–H and O–H groups in total. The van der Waals surface area contributed by atoms with Crippen LogP contribution in [-0.4, -0.2) is 28.4 Å². The predicted octanol–water partition coefficient (Wildman–Crippen LogP) is 3.08. The van der Waals surface area contributed by atoms with Crippen molar-refractivity contribution in [1.82, 2.24) is 5.32 Å². The Morgan fingerprint density at radius 1 is 1.19 bits per heavy atom. The van der Waals surface area contributed by atoms with Gasteiger partial charge in [0.1, 0.15) is 6.11 Å². The summed E-state index contributed by atoms with van der Waals surface area (Å²) in [5.41, 5.74) is 0.962. The summed E-state index contributed by atoms with van der Waals surface area (Å²) < 4.78 is 5.37. The number of aliphatic hydroxyl groups is 1. The van der Waals surface area contributed by atoms with Gasteiger partial charge < -0.3 is 15.2 Å². The fourth-order valence-electron chi connectivity index (χ4n) is 3.34. The van der Waals surface area contributed by atoms with E-state index in [1.54, 1.807) is 26.0 Å². The lowest BCUT2D eigenvalue weighted by atomic mass is 9.78. The first-order chi connectivity index (χ1) is 14.8. The molecule has 0 fully saturated rings. The Balaban J connectivity index is 2.70. The lowest BCUT2D eigenvalue weighted by Crippen LogP contribution is -2.32. The Morgan fingerprint density at radius 2 is 1.87 bits per heavy atom. The molecule has 8 nitrogen and oxygen atoms in total. The first-order valence-corrected chi connectivity index (χ1v) is 9.61. The van der Waals surface area contributed by atoms with E-state index < -0.39 is 22.6 Å². The molecule has 0 aliphatic carbocycles. The number of carbonyl (C=O) groups is 2. The molecule has 160 valence electrons. The Bertz CT molecular complexity index is 1090. The van der Waals surface area contributed by atoms with E-state index in [0.29, 0.717) is 17.8 Å². The molecule has 31 heavy (non-hydrogen) atoms. The van der Waals surface area contributed by atoms with Gasteiger partial charge in [0, 0.05) is 34.5 Å². The number of unbranched alkanes of at least 4 members (excludes halogenated alkanes) is 1.